The first kappa shape index (κ1) is 8.66. The Balaban J connectivity index is 2.78. The van der Waals surface area contributed by atoms with Gasteiger partial charge in [-0.25, -0.2) is 6.07 Å². The maximum absolute atomic E-state index is 2.42. The number of rotatable bonds is 2. The fourth-order valence-corrected chi connectivity index (χ4v) is 2.37. The predicted molar refractivity (Wildman–Crippen MR) is 53.8 cm³/mol. The van der Waals surface area contributed by atoms with Crippen molar-refractivity contribution in [3.05, 3.63) is 29.8 Å². The molecule has 62 valence electrons. The van der Waals surface area contributed by atoms with Crippen LogP contribution in [0.4, 0.5) is 0 Å². The maximum atomic E-state index is 2.42. The summed E-state index contributed by atoms with van der Waals surface area (Å²) in [7, 11) is -0.965. The summed E-state index contributed by atoms with van der Waals surface area (Å²) in [4.78, 5) is 0. The van der Waals surface area contributed by atoms with E-state index < -0.39 is 8.07 Å². The average molecular weight is 165 g/mol. The lowest BCUT2D eigenvalue weighted by Gasteiger charge is -2.29. The van der Waals surface area contributed by atoms with Crippen LogP contribution in [0.25, 0.3) is 0 Å². The van der Waals surface area contributed by atoms with Gasteiger partial charge in [0.1, 0.15) is 0 Å². The summed E-state index contributed by atoms with van der Waals surface area (Å²) in [5.41, 5.74) is 2.31. The van der Waals surface area contributed by atoms with E-state index in [0.717, 1.165) is 5.54 Å². The van der Waals surface area contributed by atoms with E-state index >= 15 is 0 Å². The summed E-state index contributed by atoms with van der Waals surface area (Å²) in [6.45, 7) is 9.61. The second kappa shape index (κ2) is 2.90. The molecule has 0 saturated heterocycles. The zero-order chi connectivity index (χ0) is 8.48. The minimum atomic E-state index is -0.965. The molecule has 1 unspecified atom stereocenters. The van der Waals surface area contributed by atoms with E-state index in [1.807, 2.05) is 0 Å². The molecule has 0 aliphatic heterocycles. The Bertz CT molecular complexity index is 203. The van der Waals surface area contributed by atoms with Gasteiger partial charge in [-0.3, -0.25) is 0 Å². The van der Waals surface area contributed by atoms with Gasteiger partial charge >= 0.3 is 0 Å². The first-order valence-corrected chi connectivity index (χ1v) is 7.81. The Morgan fingerprint density at radius 3 is 2.36 bits per heavy atom. The van der Waals surface area contributed by atoms with Gasteiger partial charge in [-0.15, -0.1) is 0 Å². The van der Waals surface area contributed by atoms with Crippen LogP contribution in [0.2, 0.25) is 19.6 Å². The van der Waals surface area contributed by atoms with Crippen molar-refractivity contribution < 1.29 is 0 Å². The van der Waals surface area contributed by atoms with Crippen LogP contribution in [-0.4, -0.2) is 8.07 Å². The normalized spacial score (nSPS) is 14.9. The standard InChI is InChI=1S/C10H17Si/c1-9(11(2,3)4)10-7-5-6-8-10/h5-9H,1-4H3/q-1. The zero-order valence-corrected chi connectivity index (χ0v) is 8.89. The van der Waals surface area contributed by atoms with Crippen LogP contribution in [-0.2, 0) is 0 Å². The molecule has 0 nitrogen and oxygen atoms in total. The molecular weight excluding hydrogens is 148 g/mol. The van der Waals surface area contributed by atoms with Crippen LogP contribution in [0.5, 0.6) is 0 Å². The summed E-state index contributed by atoms with van der Waals surface area (Å²) in [5.74, 6) is 0. The molecule has 0 aliphatic rings. The predicted octanol–water partition coefficient (Wildman–Crippen LogP) is 3.39. The Morgan fingerprint density at radius 2 is 2.00 bits per heavy atom. The van der Waals surface area contributed by atoms with E-state index in [2.05, 4.69) is 50.8 Å². The topological polar surface area (TPSA) is 0 Å². The number of hydrogen-bond acceptors (Lipinski definition) is 0. The average Bonchev–Trinajstić information content (AvgIpc) is 2.34. The Morgan fingerprint density at radius 1 is 1.36 bits per heavy atom. The summed E-state index contributed by atoms with van der Waals surface area (Å²) in [6, 6.07) is 8.74. The molecule has 0 fully saturated rings. The fraction of sp³-hybridized carbons (Fsp3) is 0.500. The summed E-state index contributed by atoms with van der Waals surface area (Å²) in [5, 5.41) is 0. The van der Waals surface area contributed by atoms with Gasteiger partial charge in [0.05, 0.1) is 0 Å². The third-order valence-electron chi connectivity index (χ3n) is 2.49. The van der Waals surface area contributed by atoms with Crippen LogP contribution in [0.15, 0.2) is 24.3 Å². The van der Waals surface area contributed by atoms with Gasteiger partial charge in [-0.05, 0) is 0 Å². The second-order valence-corrected chi connectivity index (χ2v) is 9.90. The lowest BCUT2D eigenvalue weighted by molar-refractivity contribution is 1.03. The summed E-state index contributed by atoms with van der Waals surface area (Å²) in [6.07, 6.45) is 0. The molecular formula is C10H17Si-. The Hall–Kier alpha value is -0.433. The molecule has 1 aromatic carbocycles. The van der Waals surface area contributed by atoms with Crippen molar-refractivity contribution in [2.75, 3.05) is 0 Å². The van der Waals surface area contributed by atoms with E-state index in [1.54, 1.807) is 0 Å². The first-order valence-electron chi connectivity index (χ1n) is 4.23. The molecule has 0 spiro atoms. The smallest absolute Gasteiger partial charge is 0.0390 e. The van der Waals surface area contributed by atoms with Crippen LogP contribution in [0, 0.1) is 0 Å². The quantitative estimate of drug-likeness (QED) is 0.465. The van der Waals surface area contributed by atoms with Gasteiger partial charge in [0.25, 0.3) is 0 Å². The largest absolute Gasteiger partial charge is 0.211 e. The number of hydrogen-bond donors (Lipinski definition) is 0. The van der Waals surface area contributed by atoms with E-state index in [1.165, 1.54) is 5.56 Å². The van der Waals surface area contributed by atoms with Gasteiger partial charge in [-0.1, -0.05) is 32.1 Å². The maximum Gasteiger partial charge on any atom is 0.0390 e. The highest BCUT2D eigenvalue weighted by atomic mass is 28.3. The van der Waals surface area contributed by atoms with E-state index in [-0.39, 0.29) is 0 Å². The Labute approximate surface area is 70.6 Å². The molecule has 0 aliphatic carbocycles. The second-order valence-electron chi connectivity index (χ2n) is 4.31. The minimum Gasteiger partial charge on any atom is -0.211 e. The molecule has 0 amide bonds. The lowest BCUT2D eigenvalue weighted by atomic mass is 10.2. The molecule has 1 aromatic rings. The van der Waals surface area contributed by atoms with Gasteiger partial charge in [0, 0.05) is 8.07 Å². The van der Waals surface area contributed by atoms with Gasteiger partial charge < -0.3 is 0 Å². The van der Waals surface area contributed by atoms with Crippen molar-refractivity contribution in [3.63, 3.8) is 0 Å². The Kier molecular flexibility index (Phi) is 2.28. The molecule has 0 heterocycles. The van der Waals surface area contributed by atoms with Crippen molar-refractivity contribution in [2.45, 2.75) is 32.1 Å². The van der Waals surface area contributed by atoms with E-state index in [0.29, 0.717) is 0 Å². The molecule has 0 bridgehead atoms. The molecule has 0 aromatic heterocycles. The van der Waals surface area contributed by atoms with E-state index in [9.17, 15) is 0 Å². The van der Waals surface area contributed by atoms with Crippen molar-refractivity contribution in [2.24, 2.45) is 0 Å². The van der Waals surface area contributed by atoms with Gasteiger partial charge in [0.15, 0.2) is 0 Å². The van der Waals surface area contributed by atoms with Gasteiger partial charge in [0.2, 0.25) is 0 Å². The highest BCUT2D eigenvalue weighted by Gasteiger charge is 2.19. The first-order chi connectivity index (χ1) is 5.02. The SMILES string of the molecule is CC(c1cc[cH-]c1)[Si](C)(C)C. The molecule has 1 atom stereocenters. The third-order valence-corrected chi connectivity index (χ3v) is 5.42. The minimum absolute atomic E-state index is 0.789. The third kappa shape index (κ3) is 2.00. The zero-order valence-electron chi connectivity index (χ0n) is 7.89. The highest BCUT2D eigenvalue weighted by Crippen LogP contribution is 2.26. The monoisotopic (exact) mass is 165 g/mol. The van der Waals surface area contributed by atoms with Crippen molar-refractivity contribution >= 4 is 8.07 Å². The summed E-state index contributed by atoms with van der Waals surface area (Å²) >= 11 is 0. The summed E-state index contributed by atoms with van der Waals surface area (Å²) < 4.78 is 0. The highest BCUT2D eigenvalue weighted by molar-refractivity contribution is 6.77. The lowest BCUT2D eigenvalue weighted by Crippen LogP contribution is -2.28. The molecule has 0 radical (unpaired) electrons. The van der Waals surface area contributed by atoms with Crippen molar-refractivity contribution in [1.29, 1.82) is 0 Å². The van der Waals surface area contributed by atoms with Crippen LogP contribution < -0.4 is 0 Å². The van der Waals surface area contributed by atoms with Crippen LogP contribution in [0.1, 0.15) is 18.0 Å². The fourth-order valence-electron chi connectivity index (χ4n) is 1.18. The van der Waals surface area contributed by atoms with E-state index in [4.69, 9.17) is 0 Å². The molecule has 1 rings (SSSR count). The van der Waals surface area contributed by atoms with Crippen LogP contribution >= 0.6 is 0 Å². The molecule has 0 N–H and O–H groups in total. The molecule has 11 heavy (non-hydrogen) atoms. The van der Waals surface area contributed by atoms with Crippen LogP contribution in [0.3, 0.4) is 0 Å². The van der Waals surface area contributed by atoms with Crippen molar-refractivity contribution in [1.82, 2.24) is 0 Å². The van der Waals surface area contributed by atoms with Crippen molar-refractivity contribution in [3.8, 4) is 0 Å². The molecule has 1 heteroatoms. The van der Waals surface area contributed by atoms with Gasteiger partial charge in [-0.2, -0.15) is 23.8 Å². The molecule has 0 saturated carbocycles.